The average molecular weight is 267 g/mol. The predicted molar refractivity (Wildman–Crippen MR) is 56.5 cm³/mol. The summed E-state index contributed by atoms with van der Waals surface area (Å²) in [4.78, 5) is 3.95. The lowest BCUT2D eigenvalue weighted by Gasteiger charge is -2.20. The standard InChI is InChI=1S/C10H16F3N3O2/c1-3-9(14,4-2)8-15-7(16-18-8)5-17-6-10(11,12)13/h3-6,14H2,1-2H3. The molecule has 104 valence electrons. The summed E-state index contributed by atoms with van der Waals surface area (Å²) in [5.74, 6) is 0.282. The first-order valence-corrected chi connectivity index (χ1v) is 5.57. The third-order valence-corrected chi connectivity index (χ3v) is 2.65. The van der Waals surface area contributed by atoms with Crippen LogP contribution in [0.3, 0.4) is 0 Å². The first-order valence-electron chi connectivity index (χ1n) is 5.57. The molecule has 1 aromatic rings. The molecule has 1 aromatic heterocycles. The van der Waals surface area contributed by atoms with Crippen molar-refractivity contribution in [3.8, 4) is 0 Å². The zero-order chi connectivity index (χ0) is 13.8. The number of rotatable bonds is 6. The lowest BCUT2D eigenvalue weighted by molar-refractivity contribution is -0.177. The Kier molecular flexibility index (Phi) is 4.69. The molecule has 0 spiro atoms. The summed E-state index contributed by atoms with van der Waals surface area (Å²) < 4.78 is 44.9. The van der Waals surface area contributed by atoms with E-state index >= 15 is 0 Å². The van der Waals surface area contributed by atoms with E-state index in [4.69, 9.17) is 10.3 Å². The van der Waals surface area contributed by atoms with Crippen LogP contribution >= 0.6 is 0 Å². The maximum atomic E-state index is 11.9. The summed E-state index contributed by atoms with van der Waals surface area (Å²) in [5, 5.41) is 3.54. The Balaban J connectivity index is 2.59. The number of nitrogens with zero attached hydrogens (tertiary/aromatic N) is 2. The molecular weight excluding hydrogens is 251 g/mol. The van der Waals surface area contributed by atoms with Crippen LogP contribution in [0.2, 0.25) is 0 Å². The molecule has 0 atom stereocenters. The quantitative estimate of drug-likeness (QED) is 0.854. The van der Waals surface area contributed by atoms with Crippen LogP contribution in [0.25, 0.3) is 0 Å². The van der Waals surface area contributed by atoms with Gasteiger partial charge < -0.3 is 15.0 Å². The van der Waals surface area contributed by atoms with Gasteiger partial charge in [-0.05, 0) is 12.8 Å². The second-order valence-corrected chi connectivity index (χ2v) is 3.99. The molecular formula is C10H16F3N3O2. The maximum Gasteiger partial charge on any atom is 0.411 e. The molecule has 0 fully saturated rings. The fourth-order valence-electron chi connectivity index (χ4n) is 1.33. The first-order chi connectivity index (χ1) is 8.30. The highest BCUT2D eigenvalue weighted by Crippen LogP contribution is 2.24. The Hall–Kier alpha value is -1.15. The average Bonchev–Trinajstić information content (AvgIpc) is 2.75. The van der Waals surface area contributed by atoms with Crippen molar-refractivity contribution in [3.05, 3.63) is 11.7 Å². The highest BCUT2D eigenvalue weighted by molar-refractivity contribution is 5.00. The maximum absolute atomic E-state index is 11.9. The number of hydrogen-bond acceptors (Lipinski definition) is 5. The number of aromatic nitrogens is 2. The third-order valence-electron chi connectivity index (χ3n) is 2.65. The number of nitrogens with two attached hydrogens (primary N) is 1. The normalized spacial score (nSPS) is 13.0. The minimum Gasteiger partial charge on any atom is -0.364 e. The smallest absolute Gasteiger partial charge is 0.364 e. The van der Waals surface area contributed by atoms with Crippen molar-refractivity contribution in [2.24, 2.45) is 5.73 Å². The molecule has 0 aromatic carbocycles. The van der Waals surface area contributed by atoms with Crippen molar-refractivity contribution < 1.29 is 22.4 Å². The number of ether oxygens (including phenoxy) is 1. The zero-order valence-corrected chi connectivity index (χ0v) is 10.3. The van der Waals surface area contributed by atoms with Gasteiger partial charge in [0.05, 0.1) is 5.54 Å². The highest BCUT2D eigenvalue weighted by atomic mass is 19.4. The van der Waals surface area contributed by atoms with Gasteiger partial charge in [-0.3, -0.25) is 0 Å². The van der Waals surface area contributed by atoms with Crippen molar-refractivity contribution in [2.75, 3.05) is 6.61 Å². The molecule has 2 N–H and O–H groups in total. The molecule has 0 saturated heterocycles. The molecule has 1 rings (SSSR count). The molecule has 1 heterocycles. The van der Waals surface area contributed by atoms with E-state index in [1.54, 1.807) is 0 Å². The molecule has 8 heteroatoms. The van der Waals surface area contributed by atoms with Crippen LogP contribution in [-0.2, 0) is 16.9 Å². The number of alkyl halides is 3. The first kappa shape index (κ1) is 14.9. The Bertz CT molecular complexity index is 375. The van der Waals surface area contributed by atoms with E-state index in [9.17, 15) is 13.2 Å². The van der Waals surface area contributed by atoms with Gasteiger partial charge in [-0.15, -0.1) is 0 Å². The van der Waals surface area contributed by atoms with Gasteiger partial charge in [-0.2, -0.15) is 18.2 Å². The molecule has 0 aliphatic heterocycles. The van der Waals surface area contributed by atoms with E-state index in [2.05, 4.69) is 14.9 Å². The minimum absolute atomic E-state index is 0.0611. The van der Waals surface area contributed by atoms with E-state index in [-0.39, 0.29) is 18.3 Å². The van der Waals surface area contributed by atoms with Gasteiger partial charge in [-0.1, -0.05) is 19.0 Å². The molecule has 18 heavy (non-hydrogen) atoms. The van der Waals surface area contributed by atoms with Crippen LogP contribution < -0.4 is 5.73 Å². The van der Waals surface area contributed by atoms with Crippen molar-refractivity contribution in [1.29, 1.82) is 0 Å². The van der Waals surface area contributed by atoms with Crippen LogP contribution in [0, 0.1) is 0 Å². The van der Waals surface area contributed by atoms with Gasteiger partial charge in [0.25, 0.3) is 0 Å². The van der Waals surface area contributed by atoms with Gasteiger partial charge >= 0.3 is 6.18 Å². The second kappa shape index (κ2) is 5.66. The summed E-state index contributed by atoms with van der Waals surface area (Å²) in [6.45, 7) is 2.04. The van der Waals surface area contributed by atoms with Crippen molar-refractivity contribution in [3.63, 3.8) is 0 Å². The molecule has 0 saturated carbocycles. The van der Waals surface area contributed by atoms with Gasteiger partial charge in [-0.25, -0.2) is 0 Å². The predicted octanol–water partition coefficient (Wildman–Crippen LogP) is 2.12. The summed E-state index contributed by atoms with van der Waals surface area (Å²) in [5.41, 5.74) is 5.27. The molecule has 0 bridgehead atoms. The van der Waals surface area contributed by atoms with Crippen LogP contribution in [0.1, 0.15) is 38.4 Å². The lowest BCUT2D eigenvalue weighted by atomic mass is 9.94. The van der Waals surface area contributed by atoms with Gasteiger partial charge in [0.15, 0.2) is 5.82 Å². The molecule has 0 aliphatic rings. The molecule has 5 nitrogen and oxygen atoms in total. The third kappa shape index (κ3) is 3.95. The van der Waals surface area contributed by atoms with E-state index < -0.39 is 18.3 Å². The zero-order valence-electron chi connectivity index (χ0n) is 10.3. The van der Waals surface area contributed by atoms with Crippen LogP contribution in [-0.4, -0.2) is 22.9 Å². The fourth-order valence-corrected chi connectivity index (χ4v) is 1.33. The van der Waals surface area contributed by atoms with Gasteiger partial charge in [0.2, 0.25) is 5.89 Å². The van der Waals surface area contributed by atoms with E-state index in [1.165, 1.54) is 0 Å². The van der Waals surface area contributed by atoms with Crippen LogP contribution in [0.5, 0.6) is 0 Å². The van der Waals surface area contributed by atoms with Crippen LogP contribution in [0.15, 0.2) is 4.52 Å². The molecule has 0 radical (unpaired) electrons. The Morgan fingerprint density at radius 1 is 1.28 bits per heavy atom. The fraction of sp³-hybridized carbons (Fsp3) is 0.800. The number of hydrogen-bond donors (Lipinski definition) is 1. The molecule has 0 amide bonds. The van der Waals surface area contributed by atoms with Crippen molar-refractivity contribution in [1.82, 2.24) is 10.1 Å². The summed E-state index contributed by atoms with van der Waals surface area (Å²) in [7, 11) is 0. The molecule has 0 aliphatic carbocycles. The van der Waals surface area contributed by atoms with E-state index in [0.717, 1.165) is 0 Å². The van der Waals surface area contributed by atoms with Gasteiger partial charge in [0.1, 0.15) is 13.2 Å². The second-order valence-electron chi connectivity index (χ2n) is 3.99. The van der Waals surface area contributed by atoms with E-state index in [1.807, 2.05) is 13.8 Å². The minimum atomic E-state index is -4.36. The topological polar surface area (TPSA) is 74.2 Å². The SMILES string of the molecule is CCC(N)(CC)c1nc(COCC(F)(F)F)no1. The Labute approximate surface area is 102 Å². The van der Waals surface area contributed by atoms with Crippen LogP contribution in [0.4, 0.5) is 13.2 Å². The van der Waals surface area contributed by atoms with Gasteiger partial charge in [0, 0.05) is 0 Å². The number of halogens is 3. The lowest BCUT2D eigenvalue weighted by Crippen LogP contribution is -2.35. The van der Waals surface area contributed by atoms with Crippen molar-refractivity contribution >= 4 is 0 Å². The summed E-state index contributed by atoms with van der Waals surface area (Å²) in [6.07, 6.45) is -3.18. The molecule has 0 unspecified atom stereocenters. The highest BCUT2D eigenvalue weighted by Gasteiger charge is 2.31. The summed E-state index contributed by atoms with van der Waals surface area (Å²) >= 11 is 0. The van der Waals surface area contributed by atoms with Crippen molar-refractivity contribution in [2.45, 2.75) is 45.0 Å². The Morgan fingerprint density at radius 2 is 1.89 bits per heavy atom. The summed E-state index contributed by atoms with van der Waals surface area (Å²) in [6, 6.07) is 0. The Morgan fingerprint density at radius 3 is 2.39 bits per heavy atom. The van der Waals surface area contributed by atoms with E-state index in [0.29, 0.717) is 12.8 Å². The monoisotopic (exact) mass is 267 g/mol. The largest absolute Gasteiger partial charge is 0.411 e.